The molecule has 0 aromatic heterocycles. The van der Waals surface area contributed by atoms with E-state index in [0.717, 1.165) is 12.8 Å². The smallest absolute Gasteiger partial charge is 0.233 e. The number of rotatable bonds is 7. The number of fused-ring (bicyclic) bond motifs is 5. The molecule has 2 aliphatic carbocycles. The van der Waals surface area contributed by atoms with Gasteiger partial charge < -0.3 is 10.4 Å². The van der Waals surface area contributed by atoms with Gasteiger partial charge in [-0.05, 0) is 49.3 Å². The van der Waals surface area contributed by atoms with Crippen molar-refractivity contribution in [3.63, 3.8) is 0 Å². The van der Waals surface area contributed by atoms with Crippen molar-refractivity contribution in [3.8, 4) is 5.75 Å². The number of imide groups is 1. The summed E-state index contributed by atoms with van der Waals surface area (Å²) in [6.45, 7) is 0.417. The average Bonchev–Trinajstić information content (AvgIpc) is 3.30. The van der Waals surface area contributed by atoms with Crippen LogP contribution in [0.25, 0.3) is 0 Å². The third kappa shape index (κ3) is 3.91. The molecular weight excluding hydrogens is 540 g/mol. The quantitative estimate of drug-likeness (QED) is 0.224. The summed E-state index contributed by atoms with van der Waals surface area (Å²) in [6.07, 6.45) is 3.27. The number of halogens is 3. The standard InChI is InChI=1S/C21H23Br2ClN2O4/c22-18-11-9-12(19(18)23)17-16(11)20(29)26(21(17)30)7-3-1-2-4-15(28)25-13-8-10(24)5-6-14(13)27/h5-6,8,11-12,16-19,27H,1-4,7,9H2,(H,25,28)/t11-,12-,16-,17+,18-,19+/m1/s1. The van der Waals surface area contributed by atoms with Crippen molar-refractivity contribution >= 4 is 66.9 Å². The molecule has 0 radical (unpaired) electrons. The van der Waals surface area contributed by atoms with E-state index in [4.69, 9.17) is 11.6 Å². The zero-order valence-electron chi connectivity index (χ0n) is 16.2. The van der Waals surface area contributed by atoms with E-state index in [-0.39, 0.29) is 62.5 Å². The van der Waals surface area contributed by atoms with Crippen LogP contribution in [-0.4, -0.2) is 43.9 Å². The van der Waals surface area contributed by atoms with E-state index in [1.807, 2.05) is 0 Å². The fourth-order valence-electron chi connectivity index (χ4n) is 5.18. The molecule has 1 aromatic rings. The van der Waals surface area contributed by atoms with Gasteiger partial charge >= 0.3 is 0 Å². The van der Waals surface area contributed by atoms with Crippen molar-refractivity contribution in [2.75, 3.05) is 11.9 Å². The van der Waals surface area contributed by atoms with E-state index < -0.39 is 0 Å². The minimum atomic E-state index is -0.210. The maximum absolute atomic E-state index is 12.8. The third-order valence-electron chi connectivity index (χ3n) is 6.60. The van der Waals surface area contributed by atoms with Gasteiger partial charge in [-0.25, -0.2) is 0 Å². The topological polar surface area (TPSA) is 86.7 Å². The largest absolute Gasteiger partial charge is 0.506 e. The monoisotopic (exact) mass is 560 g/mol. The lowest BCUT2D eigenvalue weighted by Gasteiger charge is -2.28. The van der Waals surface area contributed by atoms with E-state index in [1.165, 1.54) is 17.0 Å². The normalized spacial score (nSPS) is 32.0. The molecule has 6 atom stereocenters. The number of nitrogens with one attached hydrogen (secondary N) is 1. The lowest BCUT2D eigenvalue weighted by molar-refractivity contribution is -0.140. The Morgan fingerprint density at radius 3 is 2.37 bits per heavy atom. The van der Waals surface area contributed by atoms with Gasteiger partial charge in [-0.2, -0.15) is 0 Å². The van der Waals surface area contributed by atoms with E-state index >= 15 is 0 Å². The second-order valence-corrected chi connectivity index (χ2v) is 10.9. The maximum atomic E-state index is 12.8. The molecule has 0 spiro atoms. The molecule has 0 unspecified atom stereocenters. The number of carbonyl (C=O) groups is 3. The number of likely N-dealkylation sites (tertiary alicyclic amines) is 1. The molecule has 2 N–H and O–H groups in total. The Hall–Kier alpha value is -1.12. The van der Waals surface area contributed by atoms with Gasteiger partial charge in [0.15, 0.2) is 0 Å². The molecule has 2 saturated carbocycles. The molecule has 3 aliphatic rings. The molecule has 1 aromatic carbocycles. The first-order valence-corrected chi connectivity index (χ1v) is 12.4. The summed E-state index contributed by atoms with van der Waals surface area (Å²) >= 11 is 13.3. The molecule has 162 valence electrons. The number of aromatic hydroxyl groups is 1. The minimum absolute atomic E-state index is 0.0180. The van der Waals surface area contributed by atoms with Crippen LogP contribution in [-0.2, 0) is 14.4 Å². The Bertz CT molecular complexity index is 851. The molecule has 3 fully saturated rings. The zero-order chi connectivity index (χ0) is 21.6. The number of nitrogens with zero attached hydrogens (tertiary/aromatic N) is 1. The Labute approximate surface area is 197 Å². The van der Waals surface area contributed by atoms with Crippen LogP contribution in [0.3, 0.4) is 0 Å². The molecule has 1 aliphatic heterocycles. The Morgan fingerprint density at radius 2 is 1.73 bits per heavy atom. The predicted molar refractivity (Wildman–Crippen MR) is 121 cm³/mol. The lowest BCUT2D eigenvalue weighted by atomic mass is 9.81. The molecule has 1 heterocycles. The minimum Gasteiger partial charge on any atom is -0.506 e. The highest BCUT2D eigenvalue weighted by Gasteiger charge is 2.66. The summed E-state index contributed by atoms with van der Waals surface area (Å²) in [5.74, 6) is -0.150. The van der Waals surface area contributed by atoms with Crippen molar-refractivity contribution in [1.82, 2.24) is 4.90 Å². The highest BCUT2D eigenvalue weighted by atomic mass is 79.9. The summed E-state index contributed by atoms with van der Waals surface area (Å²) in [7, 11) is 0. The van der Waals surface area contributed by atoms with Gasteiger partial charge in [0.2, 0.25) is 17.7 Å². The first-order valence-electron chi connectivity index (χ1n) is 10.2. The van der Waals surface area contributed by atoms with Crippen molar-refractivity contribution in [1.29, 1.82) is 0 Å². The number of unbranched alkanes of at least 4 members (excludes halogenated alkanes) is 2. The molecular formula is C21H23Br2ClN2O4. The Balaban J connectivity index is 1.22. The van der Waals surface area contributed by atoms with Crippen molar-refractivity contribution in [2.45, 2.75) is 41.8 Å². The fourth-order valence-corrected chi connectivity index (χ4v) is 7.23. The number of phenolic OH excluding ortho intramolecular Hbond substituents is 1. The molecule has 3 amide bonds. The molecule has 4 rings (SSSR count). The second-order valence-electron chi connectivity index (χ2n) is 8.35. The van der Waals surface area contributed by atoms with Crippen LogP contribution in [0.15, 0.2) is 18.2 Å². The van der Waals surface area contributed by atoms with Gasteiger partial charge in [-0.3, -0.25) is 19.3 Å². The van der Waals surface area contributed by atoms with E-state index in [9.17, 15) is 19.5 Å². The summed E-state index contributed by atoms with van der Waals surface area (Å²) in [5.41, 5.74) is 0.289. The molecule has 30 heavy (non-hydrogen) atoms. The number of hydrogen-bond donors (Lipinski definition) is 2. The summed E-state index contributed by atoms with van der Waals surface area (Å²) in [5, 5.41) is 12.8. The van der Waals surface area contributed by atoms with E-state index in [1.54, 1.807) is 6.07 Å². The van der Waals surface area contributed by atoms with Crippen LogP contribution in [0.4, 0.5) is 5.69 Å². The molecule has 1 saturated heterocycles. The van der Waals surface area contributed by atoms with Crippen LogP contribution in [0.2, 0.25) is 5.02 Å². The number of benzene rings is 1. The third-order valence-corrected chi connectivity index (χ3v) is 10.0. The van der Waals surface area contributed by atoms with E-state index in [2.05, 4.69) is 37.2 Å². The predicted octanol–water partition coefficient (Wildman–Crippen LogP) is 4.32. The molecule has 2 bridgehead atoms. The number of amides is 3. The van der Waals surface area contributed by atoms with Gasteiger partial charge in [-0.1, -0.05) is 49.9 Å². The number of anilines is 1. The highest BCUT2D eigenvalue weighted by molar-refractivity contribution is 9.12. The number of hydrogen-bond acceptors (Lipinski definition) is 4. The Morgan fingerprint density at radius 1 is 1.10 bits per heavy atom. The van der Waals surface area contributed by atoms with Crippen molar-refractivity contribution < 1.29 is 19.5 Å². The maximum Gasteiger partial charge on any atom is 0.233 e. The van der Waals surface area contributed by atoms with Gasteiger partial charge in [0.25, 0.3) is 0 Å². The van der Waals surface area contributed by atoms with E-state index in [0.29, 0.717) is 30.8 Å². The van der Waals surface area contributed by atoms with Crippen LogP contribution < -0.4 is 5.32 Å². The van der Waals surface area contributed by atoms with Crippen molar-refractivity contribution in [2.24, 2.45) is 23.7 Å². The highest BCUT2D eigenvalue weighted by Crippen LogP contribution is 2.60. The van der Waals surface area contributed by atoms with Crippen LogP contribution in [0, 0.1) is 23.7 Å². The number of phenols is 1. The van der Waals surface area contributed by atoms with Crippen LogP contribution in [0.5, 0.6) is 5.75 Å². The summed E-state index contributed by atoms with van der Waals surface area (Å²) in [6, 6.07) is 4.47. The second kappa shape index (κ2) is 8.79. The molecule has 6 nitrogen and oxygen atoms in total. The van der Waals surface area contributed by atoms with Gasteiger partial charge in [0, 0.05) is 27.6 Å². The number of alkyl halides is 2. The van der Waals surface area contributed by atoms with Crippen LogP contribution in [0.1, 0.15) is 32.1 Å². The average molecular weight is 563 g/mol. The molecule has 9 heteroatoms. The summed E-state index contributed by atoms with van der Waals surface area (Å²) in [4.78, 5) is 39.7. The van der Waals surface area contributed by atoms with Crippen molar-refractivity contribution in [3.05, 3.63) is 23.2 Å². The summed E-state index contributed by atoms with van der Waals surface area (Å²) < 4.78 is 0. The fraction of sp³-hybridized carbons (Fsp3) is 0.571. The van der Waals surface area contributed by atoms with Gasteiger partial charge in [0.1, 0.15) is 5.75 Å². The first-order chi connectivity index (χ1) is 14.3. The number of carbonyl (C=O) groups excluding carboxylic acids is 3. The van der Waals surface area contributed by atoms with Gasteiger partial charge in [-0.15, -0.1) is 0 Å². The zero-order valence-corrected chi connectivity index (χ0v) is 20.1. The van der Waals surface area contributed by atoms with Crippen LogP contribution >= 0.6 is 43.5 Å². The first kappa shape index (κ1) is 22.1. The van der Waals surface area contributed by atoms with Gasteiger partial charge in [0.05, 0.1) is 17.5 Å². The Kier molecular flexibility index (Phi) is 6.47. The SMILES string of the molecule is O=C(CCCCCN1C(=O)[C@@H]2[C@H]3C[C@@H]([C@H](Br)[C@@H]3Br)[C@@H]2C1=O)Nc1cc(Cl)ccc1O. The lowest BCUT2D eigenvalue weighted by Crippen LogP contribution is -2.37.